The Bertz CT molecular complexity index is 586. The molecule has 0 aliphatic rings. The fourth-order valence-electron chi connectivity index (χ4n) is 1.57. The molecule has 0 aliphatic carbocycles. The van der Waals surface area contributed by atoms with Gasteiger partial charge in [0.1, 0.15) is 0 Å². The highest BCUT2D eigenvalue weighted by Crippen LogP contribution is 2.17. The molecule has 7 nitrogen and oxygen atoms in total. The first-order valence-electron chi connectivity index (χ1n) is 5.42. The Kier molecular flexibility index (Phi) is 2.97. The summed E-state index contributed by atoms with van der Waals surface area (Å²) < 4.78 is 1.60. The van der Waals surface area contributed by atoms with Crippen LogP contribution in [0.2, 0.25) is 0 Å². The van der Waals surface area contributed by atoms with Gasteiger partial charge in [0, 0.05) is 7.05 Å². The molecule has 0 fully saturated rings. The summed E-state index contributed by atoms with van der Waals surface area (Å²) >= 11 is 0. The Morgan fingerprint density at radius 1 is 1.33 bits per heavy atom. The van der Waals surface area contributed by atoms with Gasteiger partial charge in [0.05, 0.1) is 17.1 Å². The van der Waals surface area contributed by atoms with Crippen LogP contribution >= 0.6 is 0 Å². The lowest BCUT2D eigenvalue weighted by molar-refractivity contribution is 0.0957. The lowest BCUT2D eigenvalue weighted by Gasteiger charge is -2.03. The number of aromatic nitrogens is 4. The van der Waals surface area contributed by atoms with E-state index in [-0.39, 0.29) is 11.6 Å². The van der Waals surface area contributed by atoms with Gasteiger partial charge in [0.25, 0.3) is 5.91 Å². The van der Waals surface area contributed by atoms with Gasteiger partial charge in [-0.1, -0.05) is 0 Å². The number of nitrogens with zero attached hydrogens (tertiary/aromatic N) is 4. The second kappa shape index (κ2) is 4.44. The van der Waals surface area contributed by atoms with Gasteiger partial charge in [-0.2, -0.15) is 5.10 Å². The van der Waals surface area contributed by atoms with Crippen molar-refractivity contribution in [3.05, 3.63) is 29.2 Å². The average Bonchev–Trinajstić information content (AvgIpc) is 2.66. The van der Waals surface area contributed by atoms with Crippen LogP contribution in [0.25, 0.3) is 5.82 Å². The summed E-state index contributed by atoms with van der Waals surface area (Å²) in [6, 6.07) is 3.27. The largest absolute Gasteiger partial charge is 0.396 e. The third-order valence-corrected chi connectivity index (χ3v) is 2.67. The quantitative estimate of drug-likeness (QED) is 0.789. The molecule has 0 bridgehead atoms. The third-order valence-electron chi connectivity index (χ3n) is 2.67. The van der Waals surface area contributed by atoms with Crippen LogP contribution in [0.5, 0.6) is 0 Å². The van der Waals surface area contributed by atoms with Gasteiger partial charge in [-0.25, -0.2) is 4.68 Å². The summed E-state index contributed by atoms with van der Waals surface area (Å²) in [5, 5.41) is 14.6. The Morgan fingerprint density at radius 3 is 2.50 bits per heavy atom. The van der Waals surface area contributed by atoms with E-state index in [0.717, 1.165) is 11.4 Å². The molecule has 2 heterocycles. The van der Waals surface area contributed by atoms with Crippen molar-refractivity contribution in [1.82, 2.24) is 25.3 Å². The lowest BCUT2D eigenvalue weighted by atomic mass is 10.3. The molecular formula is C11H14N6O. The van der Waals surface area contributed by atoms with Crippen molar-refractivity contribution in [2.45, 2.75) is 13.8 Å². The smallest absolute Gasteiger partial charge is 0.271 e. The molecule has 2 aromatic rings. The maximum Gasteiger partial charge on any atom is 0.271 e. The van der Waals surface area contributed by atoms with E-state index in [2.05, 4.69) is 20.6 Å². The second-order valence-corrected chi connectivity index (χ2v) is 3.85. The predicted octanol–water partition coefficient (Wildman–Crippen LogP) is 0.221. The topological polar surface area (TPSA) is 98.7 Å². The third kappa shape index (κ3) is 1.90. The van der Waals surface area contributed by atoms with E-state index in [1.807, 2.05) is 13.8 Å². The molecule has 18 heavy (non-hydrogen) atoms. The van der Waals surface area contributed by atoms with Crippen LogP contribution in [-0.4, -0.2) is 32.9 Å². The number of carbonyl (C=O) groups is 1. The molecule has 0 saturated heterocycles. The lowest BCUT2D eigenvalue weighted by Crippen LogP contribution is -2.20. The van der Waals surface area contributed by atoms with Crippen molar-refractivity contribution in [3.8, 4) is 5.82 Å². The Morgan fingerprint density at radius 2 is 2.06 bits per heavy atom. The highest BCUT2D eigenvalue weighted by atomic mass is 16.1. The number of rotatable bonds is 2. The fraction of sp³-hybridized carbons (Fsp3) is 0.273. The monoisotopic (exact) mass is 246 g/mol. The highest BCUT2D eigenvalue weighted by molar-refractivity contribution is 5.91. The van der Waals surface area contributed by atoms with Crippen LogP contribution in [0.3, 0.4) is 0 Å². The molecule has 7 heteroatoms. The summed E-state index contributed by atoms with van der Waals surface area (Å²) in [6.45, 7) is 3.68. The summed E-state index contributed by atoms with van der Waals surface area (Å²) in [7, 11) is 1.54. The molecular weight excluding hydrogens is 232 g/mol. The number of amides is 1. The van der Waals surface area contributed by atoms with Gasteiger partial charge in [-0.3, -0.25) is 4.79 Å². The normalized spacial score (nSPS) is 10.4. The summed E-state index contributed by atoms with van der Waals surface area (Å²) in [5.41, 5.74) is 8.28. The zero-order chi connectivity index (χ0) is 13.3. The number of nitrogen functional groups attached to an aromatic ring is 1. The van der Waals surface area contributed by atoms with E-state index in [1.54, 1.807) is 23.9 Å². The fourth-order valence-corrected chi connectivity index (χ4v) is 1.57. The summed E-state index contributed by atoms with van der Waals surface area (Å²) in [5.74, 6) is 0.252. The average molecular weight is 246 g/mol. The van der Waals surface area contributed by atoms with Gasteiger partial charge in [-0.15, -0.1) is 10.2 Å². The maximum absolute atomic E-state index is 11.3. The number of nitrogens with two attached hydrogens (primary N) is 1. The van der Waals surface area contributed by atoms with Crippen molar-refractivity contribution in [2.75, 3.05) is 12.8 Å². The first-order chi connectivity index (χ1) is 8.54. The van der Waals surface area contributed by atoms with Crippen LogP contribution in [0.1, 0.15) is 21.9 Å². The van der Waals surface area contributed by atoms with Crippen LogP contribution in [-0.2, 0) is 0 Å². The van der Waals surface area contributed by atoms with Gasteiger partial charge in [0.2, 0.25) is 0 Å². The number of hydrogen-bond donors (Lipinski definition) is 2. The van der Waals surface area contributed by atoms with E-state index >= 15 is 0 Å². The van der Waals surface area contributed by atoms with Gasteiger partial charge >= 0.3 is 0 Å². The first-order valence-corrected chi connectivity index (χ1v) is 5.42. The Hall–Kier alpha value is -2.44. The number of hydrogen-bond acceptors (Lipinski definition) is 5. The first kappa shape index (κ1) is 12.0. The Balaban J connectivity index is 2.40. The highest BCUT2D eigenvalue weighted by Gasteiger charge is 2.12. The van der Waals surface area contributed by atoms with E-state index in [1.165, 1.54) is 0 Å². The molecule has 0 aliphatic heterocycles. The molecule has 0 unspecified atom stereocenters. The van der Waals surface area contributed by atoms with Crippen LogP contribution in [0, 0.1) is 13.8 Å². The van der Waals surface area contributed by atoms with Gasteiger partial charge < -0.3 is 11.1 Å². The second-order valence-electron chi connectivity index (χ2n) is 3.85. The SMILES string of the molecule is CNC(=O)c1ccc(-n2nc(C)c(N)c2C)nn1. The molecule has 0 spiro atoms. The van der Waals surface area contributed by atoms with E-state index < -0.39 is 0 Å². The molecule has 0 radical (unpaired) electrons. The van der Waals surface area contributed by atoms with Crippen molar-refractivity contribution >= 4 is 11.6 Å². The standard InChI is InChI=1S/C11H14N6O/c1-6-10(12)7(2)17(16-6)9-5-4-8(14-15-9)11(18)13-3/h4-5H,12H2,1-3H3,(H,13,18). The minimum absolute atomic E-state index is 0.260. The van der Waals surface area contributed by atoms with Crippen molar-refractivity contribution in [3.63, 3.8) is 0 Å². The van der Waals surface area contributed by atoms with Crippen molar-refractivity contribution in [2.24, 2.45) is 0 Å². The molecule has 0 saturated carbocycles. The molecule has 94 valence electrons. The molecule has 3 N–H and O–H groups in total. The van der Waals surface area contributed by atoms with E-state index in [9.17, 15) is 4.79 Å². The Labute approximate surface area is 104 Å². The van der Waals surface area contributed by atoms with E-state index in [0.29, 0.717) is 11.5 Å². The zero-order valence-electron chi connectivity index (χ0n) is 10.4. The van der Waals surface area contributed by atoms with Crippen LogP contribution < -0.4 is 11.1 Å². The number of nitrogens with one attached hydrogen (secondary N) is 1. The summed E-state index contributed by atoms with van der Waals surface area (Å²) in [6.07, 6.45) is 0. The summed E-state index contributed by atoms with van der Waals surface area (Å²) in [4.78, 5) is 11.3. The van der Waals surface area contributed by atoms with Crippen LogP contribution in [0.4, 0.5) is 5.69 Å². The van der Waals surface area contributed by atoms with Gasteiger partial charge in [-0.05, 0) is 26.0 Å². The maximum atomic E-state index is 11.3. The number of anilines is 1. The minimum atomic E-state index is -0.276. The molecule has 2 aromatic heterocycles. The van der Waals surface area contributed by atoms with Crippen molar-refractivity contribution in [1.29, 1.82) is 0 Å². The van der Waals surface area contributed by atoms with Gasteiger partial charge in [0.15, 0.2) is 11.5 Å². The molecule has 2 rings (SSSR count). The van der Waals surface area contributed by atoms with Crippen molar-refractivity contribution < 1.29 is 4.79 Å². The van der Waals surface area contributed by atoms with Crippen LogP contribution in [0.15, 0.2) is 12.1 Å². The predicted molar refractivity (Wildman–Crippen MR) is 66.4 cm³/mol. The molecule has 0 atom stereocenters. The molecule has 1 amide bonds. The zero-order valence-corrected chi connectivity index (χ0v) is 10.4. The van der Waals surface area contributed by atoms with E-state index in [4.69, 9.17) is 5.73 Å². The number of aryl methyl sites for hydroxylation is 1. The molecule has 0 aromatic carbocycles. The minimum Gasteiger partial charge on any atom is -0.396 e. The number of carbonyl (C=O) groups excluding carboxylic acids is 1.